The summed E-state index contributed by atoms with van der Waals surface area (Å²) < 4.78 is 0. The van der Waals surface area contributed by atoms with E-state index in [1.54, 1.807) is 18.2 Å². The van der Waals surface area contributed by atoms with Gasteiger partial charge in [-0.3, -0.25) is 5.10 Å². The molecule has 0 aliphatic carbocycles. The summed E-state index contributed by atoms with van der Waals surface area (Å²) in [4.78, 5) is 0. The molecule has 12 heavy (non-hydrogen) atoms. The summed E-state index contributed by atoms with van der Waals surface area (Å²) in [6.07, 6.45) is 5.21. The van der Waals surface area contributed by atoms with E-state index in [1.165, 1.54) is 0 Å². The van der Waals surface area contributed by atoms with Gasteiger partial charge < -0.3 is 5.11 Å². The highest BCUT2D eigenvalue weighted by Gasteiger charge is 2.02. The fourth-order valence-electron chi connectivity index (χ4n) is 1.11. The summed E-state index contributed by atoms with van der Waals surface area (Å²) >= 11 is 0. The van der Waals surface area contributed by atoms with Gasteiger partial charge >= 0.3 is 0 Å². The highest BCUT2D eigenvalue weighted by Crippen LogP contribution is 2.19. The third-order valence-corrected chi connectivity index (χ3v) is 1.68. The molecule has 0 fully saturated rings. The van der Waals surface area contributed by atoms with Crippen LogP contribution in [0.5, 0.6) is 5.75 Å². The second kappa shape index (κ2) is 2.28. The van der Waals surface area contributed by atoms with Crippen molar-refractivity contribution in [2.24, 2.45) is 0 Å². The lowest BCUT2D eigenvalue weighted by atomic mass is 10.2. The van der Waals surface area contributed by atoms with Crippen LogP contribution < -0.4 is 0 Å². The second-order valence-corrected chi connectivity index (χ2v) is 2.44. The number of phenols is 1. The van der Waals surface area contributed by atoms with E-state index in [1.807, 2.05) is 0 Å². The molecule has 0 atom stereocenters. The van der Waals surface area contributed by atoms with E-state index in [0.717, 1.165) is 5.39 Å². The summed E-state index contributed by atoms with van der Waals surface area (Å²) in [5.74, 6) is 2.66. The van der Waals surface area contributed by atoms with Crippen molar-refractivity contribution in [1.29, 1.82) is 0 Å². The van der Waals surface area contributed by atoms with Crippen molar-refractivity contribution in [2.45, 2.75) is 0 Å². The maximum Gasteiger partial charge on any atom is 0.117 e. The summed E-state index contributed by atoms with van der Waals surface area (Å²) in [5, 5.41) is 16.6. The van der Waals surface area contributed by atoms with Gasteiger partial charge in [-0.1, -0.05) is 5.92 Å². The number of rotatable bonds is 0. The van der Waals surface area contributed by atoms with Crippen LogP contribution >= 0.6 is 0 Å². The Kier molecular flexibility index (Phi) is 1.28. The van der Waals surface area contributed by atoms with E-state index in [-0.39, 0.29) is 5.75 Å². The van der Waals surface area contributed by atoms with Crippen molar-refractivity contribution in [3.63, 3.8) is 0 Å². The molecule has 1 aromatic carbocycles. The molecule has 3 nitrogen and oxygen atoms in total. The van der Waals surface area contributed by atoms with E-state index in [4.69, 9.17) is 11.5 Å². The van der Waals surface area contributed by atoms with E-state index >= 15 is 0 Å². The number of nitrogens with zero attached hydrogens (tertiary/aromatic N) is 1. The number of hydrogen-bond donors (Lipinski definition) is 2. The Labute approximate surface area is 69.0 Å². The molecule has 0 aliphatic rings. The van der Waals surface area contributed by atoms with Gasteiger partial charge in [0.15, 0.2) is 0 Å². The minimum absolute atomic E-state index is 0.192. The molecule has 1 aromatic heterocycles. The van der Waals surface area contributed by atoms with Gasteiger partial charge in [0.05, 0.1) is 5.52 Å². The normalized spacial score (nSPS) is 9.92. The number of H-pyrrole nitrogens is 1. The fraction of sp³-hybridized carbons (Fsp3) is 0. The van der Waals surface area contributed by atoms with E-state index in [9.17, 15) is 0 Å². The molecular weight excluding hydrogens is 152 g/mol. The average Bonchev–Trinajstić information content (AvgIpc) is 2.46. The highest BCUT2D eigenvalue weighted by molar-refractivity contribution is 5.84. The van der Waals surface area contributed by atoms with Gasteiger partial charge in [0.1, 0.15) is 11.4 Å². The Morgan fingerprint density at radius 3 is 3.08 bits per heavy atom. The van der Waals surface area contributed by atoms with Crippen LogP contribution in [0.15, 0.2) is 18.2 Å². The molecule has 2 aromatic rings. The maximum atomic E-state index is 9.11. The van der Waals surface area contributed by atoms with Gasteiger partial charge in [-0.05, 0) is 12.1 Å². The SMILES string of the molecule is C#Cc1[nH]nc2cc(O)ccc12. The minimum Gasteiger partial charge on any atom is -0.508 e. The lowest BCUT2D eigenvalue weighted by Gasteiger charge is -1.89. The molecule has 0 aliphatic heterocycles. The standard InChI is InChI=1S/C9H6N2O/c1-2-8-7-4-3-6(12)5-9(7)11-10-8/h1,3-5,12H,(H,10,11). The zero-order valence-corrected chi connectivity index (χ0v) is 6.20. The first-order valence-electron chi connectivity index (χ1n) is 3.45. The Morgan fingerprint density at radius 1 is 1.50 bits per heavy atom. The molecule has 0 saturated heterocycles. The Hall–Kier alpha value is -1.95. The Bertz CT molecular complexity index is 465. The Morgan fingerprint density at radius 2 is 2.33 bits per heavy atom. The van der Waals surface area contributed by atoms with Crippen LogP contribution in [0.4, 0.5) is 0 Å². The smallest absolute Gasteiger partial charge is 0.117 e. The molecule has 2 rings (SSSR count). The summed E-state index contributed by atoms with van der Waals surface area (Å²) in [7, 11) is 0. The first-order valence-corrected chi connectivity index (χ1v) is 3.45. The van der Waals surface area contributed by atoms with E-state index < -0.39 is 0 Å². The molecule has 0 amide bonds. The first kappa shape index (κ1) is 6.74. The quantitative estimate of drug-likeness (QED) is 0.567. The molecule has 0 bridgehead atoms. The lowest BCUT2D eigenvalue weighted by molar-refractivity contribution is 0.476. The monoisotopic (exact) mass is 158 g/mol. The molecule has 0 saturated carbocycles. The summed E-state index contributed by atoms with van der Waals surface area (Å²) in [5.41, 5.74) is 1.33. The van der Waals surface area contributed by atoms with Crippen LogP contribution in [-0.2, 0) is 0 Å². The van der Waals surface area contributed by atoms with Crippen LogP contribution in [0.25, 0.3) is 10.9 Å². The number of nitrogens with one attached hydrogen (secondary N) is 1. The van der Waals surface area contributed by atoms with Crippen molar-refractivity contribution in [1.82, 2.24) is 10.2 Å². The van der Waals surface area contributed by atoms with Gasteiger partial charge in [-0.2, -0.15) is 5.10 Å². The molecule has 3 heteroatoms. The largest absolute Gasteiger partial charge is 0.508 e. The van der Waals surface area contributed by atoms with Crippen LogP contribution in [0, 0.1) is 12.3 Å². The van der Waals surface area contributed by atoms with Crippen molar-refractivity contribution in [3.05, 3.63) is 23.9 Å². The molecule has 58 valence electrons. The van der Waals surface area contributed by atoms with Gasteiger partial charge in [-0.15, -0.1) is 6.42 Å². The number of fused-ring (bicyclic) bond motifs is 1. The van der Waals surface area contributed by atoms with Gasteiger partial charge in [0.2, 0.25) is 0 Å². The number of aromatic hydroxyl groups is 1. The predicted molar refractivity (Wildman–Crippen MR) is 45.7 cm³/mol. The van der Waals surface area contributed by atoms with Crippen LogP contribution in [0.3, 0.4) is 0 Å². The van der Waals surface area contributed by atoms with Gasteiger partial charge in [0.25, 0.3) is 0 Å². The third-order valence-electron chi connectivity index (χ3n) is 1.68. The van der Waals surface area contributed by atoms with Gasteiger partial charge in [-0.25, -0.2) is 0 Å². The van der Waals surface area contributed by atoms with Crippen molar-refractivity contribution in [2.75, 3.05) is 0 Å². The summed E-state index contributed by atoms with van der Waals surface area (Å²) in [6, 6.07) is 4.88. The van der Waals surface area contributed by atoms with E-state index in [0.29, 0.717) is 11.2 Å². The molecule has 0 radical (unpaired) electrons. The molecule has 2 N–H and O–H groups in total. The predicted octanol–water partition coefficient (Wildman–Crippen LogP) is 1.25. The van der Waals surface area contributed by atoms with Crippen LogP contribution in [0.1, 0.15) is 5.69 Å². The maximum absolute atomic E-state index is 9.11. The number of benzene rings is 1. The average molecular weight is 158 g/mol. The van der Waals surface area contributed by atoms with Crippen molar-refractivity contribution in [3.8, 4) is 18.1 Å². The van der Waals surface area contributed by atoms with E-state index in [2.05, 4.69) is 16.1 Å². The molecule has 0 unspecified atom stereocenters. The number of aromatic nitrogens is 2. The summed E-state index contributed by atoms with van der Waals surface area (Å²) in [6.45, 7) is 0. The topological polar surface area (TPSA) is 48.9 Å². The van der Waals surface area contributed by atoms with Gasteiger partial charge in [0, 0.05) is 11.5 Å². The highest BCUT2D eigenvalue weighted by atomic mass is 16.3. The molecular formula is C9H6N2O. The minimum atomic E-state index is 0.192. The molecule has 0 spiro atoms. The van der Waals surface area contributed by atoms with Crippen LogP contribution in [-0.4, -0.2) is 15.3 Å². The lowest BCUT2D eigenvalue weighted by Crippen LogP contribution is -1.71. The second-order valence-electron chi connectivity index (χ2n) is 2.44. The van der Waals surface area contributed by atoms with Crippen LogP contribution in [0.2, 0.25) is 0 Å². The zero-order chi connectivity index (χ0) is 8.55. The van der Waals surface area contributed by atoms with Crippen molar-refractivity contribution < 1.29 is 5.11 Å². The third kappa shape index (κ3) is 0.823. The zero-order valence-electron chi connectivity index (χ0n) is 6.20. The number of hydrogen-bond acceptors (Lipinski definition) is 2. The fourth-order valence-corrected chi connectivity index (χ4v) is 1.11. The molecule has 1 heterocycles. The first-order chi connectivity index (χ1) is 5.81. The number of aromatic amines is 1. The van der Waals surface area contributed by atoms with Crippen molar-refractivity contribution >= 4 is 10.9 Å². The number of phenolic OH excluding ortho intramolecular Hbond substituents is 1. The Balaban J connectivity index is 2.84. The number of terminal acetylenes is 1.